The number of hydrogen-bond acceptors (Lipinski definition) is 4. The van der Waals surface area contributed by atoms with Gasteiger partial charge in [0, 0.05) is 12.3 Å². The molecule has 4 nitrogen and oxygen atoms in total. The Hall–Kier alpha value is -1.28. The predicted octanol–water partition coefficient (Wildman–Crippen LogP) is 2.38. The Labute approximate surface area is 121 Å². The average Bonchev–Trinajstić information content (AvgIpc) is 2.81. The van der Waals surface area contributed by atoms with Crippen molar-refractivity contribution in [1.82, 2.24) is 0 Å². The molecule has 0 amide bonds. The van der Waals surface area contributed by atoms with Gasteiger partial charge in [-0.2, -0.15) is 13.2 Å². The smallest absolute Gasteiger partial charge is 0.399 e. The largest absolute Gasteiger partial charge is 0.416 e. The molecule has 1 atom stereocenters. The number of ether oxygens (including phenoxy) is 1. The topological polar surface area (TPSA) is 69.4 Å². The Kier molecular flexibility index (Phi) is 4.48. The lowest BCUT2D eigenvalue weighted by atomic mass is 10.1. The van der Waals surface area contributed by atoms with Crippen LogP contribution in [0.3, 0.4) is 0 Å². The van der Waals surface area contributed by atoms with Crippen LogP contribution in [0.1, 0.15) is 24.0 Å². The fourth-order valence-electron chi connectivity index (χ4n) is 2.34. The first-order chi connectivity index (χ1) is 9.67. The van der Waals surface area contributed by atoms with Crippen LogP contribution in [0.25, 0.3) is 0 Å². The average molecular weight is 323 g/mol. The van der Waals surface area contributed by atoms with E-state index in [4.69, 9.17) is 10.5 Å². The lowest BCUT2D eigenvalue weighted by Crippen LogP contribution is -2.22. The molecule has 1 aliphatic heterocycles. The second-order valence-corrected chi connectivity index (χ2v) is 7.21. The molecule has 0 aliphatic carbocycles. The van der Waals surface area contributed by atoms with Crippen LogP contribution in [0, 0.1) is 0 Å². The monoisotopic (exact) mass is 323 g/mol. The van der Waals surface area contributed by atoms with Crippen LogP contribution in [0.15, 0.2) is 18.2 Å². The van der Waals surface area contributed by atoms with E-state index in [0.717, 1.165) is 18.6 Å². The third kappa shape index (κ3) is 4.34. The highest BCUT2D eigenvalue weighted by Gasteiger charge is 2.35. The normalized spacial score (nSPS) is 19.9. The summed E-state index contributed by atoms with van der Waals surface area (Å²) in [6.45, 7) is 0.496. The van der Waals surface area contributed by atoms with Gasteiger partial charge in [-0.1, -0.05) is 6.07 Å². The molecular formula is C13H16F3NO3S. The number of hydrogen-bond donors (Lipinski definition) is 1. The summed E-state index contributed by atoms with van der Waals surface area (Å²) in [6, 6.07) is 3.15. The van der Waals surface area contributed by atoms with E-state index >= 15 is 0 Å². The number of nitrogen functional groups attached to an aromatic ring is 1. The van der Waals surface area contributed by atoms with E-state index in [2.05, 4.69) is 0 Å². The molecule has 21 heavy (non-hydrogen) atoms. The van der Waals surface area contributed by atoms with E-state index in [0.29, 0.717) is 13.0 Å². The maximum absolute atomic E-state index is 12.9. The van der Waals surface area contributed by atoms with Crippen LogP contribution >= 0.6 is 0 Å². The van der Waals surface area contributed by atoms with Gasteiger partial charge in [0.25, 0.3) is 0 Å². The van der Waals surface area contributed by atoms with Crippen molar-refractivity contribution in [1.29, 1.82) is 0 Å². The van der Waals surface area contributed by atoms with Gasteiger partial charge in [-0.25, -0.2) is 8.42 Å². The van der Waals surface area contributed by atoms with Crippen LogP contribution in [0.5, 0.6) is 0 Å². The Morgan fingerprint density at radius 3 is 2.62 bits per heavy atom. The van der Waals surface area contributed by atoms with Crippen molar-refractivity contribution in [2.45, 2.75) is 30.9 Å². The second kappa shape index (κ2) is 5.84. The first kappa shape index (κ1) is 16.1. The zero-order chi connectivity index (χ0) is 15.7. The minimum atomic E-state index is -4.63. The van der Waals surface area contributed by atoms with Gasteiger partial charge in [-0.15, -0.1) is 0 Å². The zero-order valence-electron chi connectivity index (χ0n) is 11.2. The fourth-order valence-corrected chi connectivity index (χ4v) is 4.01. The van der Waals surface area contributed by atoms with Crippen LogP contribution in [0.2, 0.25) is 0 Å². The highest BCUT2D eigenvalue weighted by molar-refractivity contribution is 7.90. The number of anilines is 1. The maximum atomic E-state index is 12.9. The minimum absolute atomic E-state index is 0.0531. The molecule has 1 heterocycles. The molecule has 0 spiro atoms. The molecule has 2 N–H and O–H groups in total. The van der Waals surface area contributed by atoms with E-state index in [1.807, 2.05) is 0 Å². The van der Waals surface area contributed by atoms with Gasteiger partial charge in [-0.3, -0.25) is 0 Å². The van der Waals surface area contributed by atoms with Crippen molar-refractivity contribution < 1.29 is 26.3 Å². The van der Waals surface area contributed by atoms with Crippen molar-refractivity contribution in [2.24, 2.45) is 0 Å². The zero-order valence-corrected chi connectivity index (χ0v) is 12.0. The third-order valence-corrected chi connectivity index (χ3v) is 4.91. The number of nitrogens with two attached hydrogens (primary N) is 1. The van der Waals surface area contributed by atoms with Crippen LogP contribution in [-0.4, -0.2) is 26.9 Å². The van der Waals surface area contributed by atoms with Gasteiger partial charge < -0.3 is 10.5 Å². The quantitative estimate of drug-likeness (QED) is 0.864. The molecule has 8 heteroatoms. The summed E-state index contributed by atoms with van der Waals surface area (Å²) >= 11 is 0. The first-order valence-corrected chi connectivity index (χ1v) is 8.27. The van der Waals surface area contributed by atoms with Gasteiger partial charge >= 0.3 is 6.18 Å². The Bertz CT molecular complexity index is 608. The number of alkyl halides is 3. The molecule has 0 saturated carbocycles. The van der Waals surface area contributed by atoms with Crippen molar-refractivity contribution in [2.75, 3.05) is 18.1 Å². The summed E-state index contributed by atoms with van der Waals surface area (Å²) < 4.78 is 68.1. The minimum Gasteiger partial charge on any atom is -0.399 e. The maximum Gasteiger partial charge on any atom is 0.416 e. The van der Waals surface area contributed by atoms with Gasteiger partial charge in [-0.05, 0) is 30.5 Å². The third-order valence-electron chi connectivity index (χ3n) is 3.28. The molecule has 118 valence electrons. The molecule has 0 radical (unpaired) electrons. The second-order valence-electron chi connectivity index (χ2n) is 5.10. The van der Waals surface area contributed by atoms with E-state index in [1.165, 1.54) is 6.07 Å². The Morgan fingerprint density at radius 1 is 1.33 bits per heavy atom. The molecule has 1 saturated heterocycles. The molecule has 1 aromatic carbocycles. The summed E-state index contributed by atoms with van der Waals surface area (Å²) in [4.78, 5) is 0. The summed E-state index contributed by atoms with van der Waals surface area (Å²) in [6.07, 6.45) is -3.66. The van der Waals surface area contributed by atoms with Crippen LogP contribution in [-0.2, 0) is 26.5 Å². The van der Waals surface area contributed by atoms with Gasteiger partial charge in [0.05, 0.1) is 23.2 Å². The number of rotatable bonds is 4. The SMILES string of the molecule is Nc1ccc(CS(=O)(=O)CC2CCCO2)c(C(F)(F)F)c1. The van der Waals surface area contributed by atoms with Gasteiger partial charge in [0.15, 0.2) is 9.84 Å². The lowest BCUT2D eigenvalue weighted by molar-refractivity contribution is -0.138. The van der Waals surface area contributed by atoms with E-state index in [9.17, 15) is 21.6 Å². The molecule has 1 aliphatic rings. The van der Waals surface area contributed by atoms with Crippen LogP contribution in [0.4, 0.5) is 18.9 Å². The molecule has 1 unspecified atom stereocenters. The Balaban J connectivity index is 2.22. The van der Waals surface area contributed by atoms with Gasteiger partial charge in [0.2, 0.25) is 0 Å². The molecule has 0 bridgehead atoms. The van der Waals surface area contributed by atoms with Crippen molar-refractivity contribution in [3.8, 4) is 0 Å². The standard InChI is InChI=1S/C13H16F3NO3S/c14-13(15,16)12-6-10(17)4-3-9(12)7-21(18,19)8-11-2-1-5-20-11/h3-4,6,11H,1-2,5,7-8,17H2. The predicted molar refractivity (Wildman–Crippen MR) is 72.3 cm³/mol. The van der Waals surface area contributed by atoms with Crippen molar-refractivity contribution in [3.63, 3.8) is 0 Å². The summed E-state index contributed by atoms with van der Waals surface area (Å²) in [5.41, 5.74) is 4.01. The molecule has 1 aromatic rings. The Morgan fingerprint density at radius 2 is 2.05 bits per heavy atom. The highest BCUT2D eigenvalue weighted by Crippen LogP contribution is 2.34. The number of sulfone groups is 1. The lowest BCUT2D eigenvalue weighted by Gasteiger charge is -2.15. The molecule has 0 aromatic heterocycles. The summed E-state index contributed by atoms with van der Waals surface area (Å²) in [7, 11) is -3.68. The summed E-state index contributed by atoms with van der Waals surface area (Å²) in [5, 5.41) is 0. The molecule has 1 fully saturated rings. The van der Waals surface area contributed by atoms with Crippen molar-refractivity contribution in [3.05, 3.63) is 29.3 Å². The fraction of sp³-hybridized carbons (Fsp3) is 0.538. The molecule has 2 rings (SSSR count). The number of halogens is 3. The van der Waals surface area contributed by atoms with Crippen molar-refractivity contribution >= 4 is 15.5 Å². The summed E-state index contributed by atoms with van der Waals surface area (Å²) in [5.74, 6) is -0.920. The van der Waals surface area contributed by atoms with E-state index in [-0.39, 0.29) is 17.0 Å². The van der Waals surface area contributed by atoms with E-state index < -0.39 is 33.4 Å². The van der Waals surface area contributed by atoms with Crippen LogP contribution < -0.4 is 5.73 Å². The molecular weight excluding hydrogens is 307 g/mol. The van der Waals surface area contributed by atoms with E-state index in [1.54, 1.807) is 0 Å². The van der Waals surface area contributed by atoms with Gasteiger partial charge in [0.1, 0.15) is 0 Å². The first-order valence-electron chi connectivity index (χ1n) is 6.45. The highest BCUT2D eigenvalue weighted by atomic mass is 32.2. The number of benzene rings is 1.